The monoisotopic (exact) mass is 262 g/mol. The maximum atomic E-state index is 11.4. The van der Waals surface area contributed by atoms with Crippen molar-refractivity contribution in [1.29, 1.82) is 0 Å². The van der Waals surface area contributed by atoms with Gasteiger partial charge >= 0.3 is 5.97 Å². The van der Waals surface area contributed by atoms with Crippen LogP contribution < -0.4 is 4.74 Å². The van der Waals surface area contributed by atoms with Crippen LogP contribution >= 0.6 is 0 Å². The molecule has 1 rings (SSSR count). The van der Waals surface area contributed by atoms with Crippen LogP contribution in [0.5, 0.6) is 5.75 Å². The molecule has 1 aromatic carbocycles. The largest absolute Gasteiger partial charge is 0.488 e. The van der Waals surface area contributed by atoms with Crippen molar-refractivity contribution in [3.63, 3.8) is 0 Å². The van der Waals surface area contributed by atoms with Gasteiger partial charge in [0.1, 0.15) is 12.4 Å². The number of hydrogen-bond acceptors (Lipinski definition) is 3. The molecule has 0 aliphatic heterocycles. The first-order chi connectivity index (χ1) is 8.86. The maximum absolute atomic E-state index is 11.4. The van der Waals surface area contributed by atoms with Crippen molar-refractivity contribution in [1.82, 2.24) is 0 Å². The minimum absolute atomic E-state index is 0.0120. The Bertz CT molecular complexity index is 455. The van der Waals surface area contributed by atoms with E-state index in [1.54, 1.807) is 6.92 Å². The molecule has 0 saturated heterocycles. The Morgan fingerprint density at radius 2 is 1.89 bits per heavy atom. The molecule has 0 aromatic heterocycles. The minimum atomic E-state index is -0.407. The summed E-state index contributed by atoms with van der Waals surface area (Å²) in [6.45, 7) is 12.3. The van der Waals surface area contributed by atoms with Crippen molar-refractivity contribution in [3.8, 4) is 5.75 Å². The van der Waals surface area contributed by atoms with E-state index in [9.17, 15) is 4.79 Å². The number of hydrogen-bond donors (Lipinski definition) is 0. The predicted molar refractivity (Wildman–Crippen MR) is 76.4 cm³/mol. The predicted octanol–water partition coefficient (Wildman–Crippen LogP) is 3.48. The van der Waals surface area contributed by atoms with Crippen LogP contribution in [0.4, 0.5) is 0 Å². The number of ether oxygens (including phenoxy) is 2. The fourth-order valence-electron chi connectivity index (χ4n) is 1.67. The molecular weight excluding hydrogens is 240 g/mol. The standard InChI is InChI=1S/C16H22O3/c1-6-18-15(17)12(2)11-19-14-10-8-7-9-13(14)16(3,4)5/h7-10H,2,6,11H2,1,3-5H3. The molecule has 0 heterocycles. The number of benzene rings is 1. The van der Waals surface area contributed by atoms with E-state index in [0.29, 0.717) is 12.2 Å². The van der Waals surface area contributed by atoms with Crippen molar-refractivity contribution in [2.24, 2.45) is 0 Å². The lowest BCUT2D eigenvalue weighted by atomic mass is 9.86. The van der Waals surface area contributed by atoms with Crippen molar-refractivity contribution in [2.45, 2.75) is 33.1 Å². The van der Waals surface area contributed by atoms with Crippen LogP contribution in [0.2, 0.25) is 0 Å². The van der Waals surface area contributed by atoms with E-state index in [4.69, 9.17) is 9.47 Å². The first-order valence-electron chi connectivity index (χ1n) is 6.43. The van der Waals surface area contributed by atoms with Gasteiger partial charge in [0.15, 0.2) is 0 Å². The summed E-state index contributed by atoms with van der Waals surface area (Å²) in [7, 11) is 0. The molecule has 0 bridgehead atoms. The zero-order valence-corrected chi connectivity index (χ0v) is 12.2. The Labute approximate surface area is 115 Å². The summed E-state index contributed by atoms with van der Waals surface area (Å²) in [5.41, 5.74) is 1.42. The number of para-hydroxylation sites is 1. The van der Waals surface area contributed by atoms with E-state index < -0.39 is 5.97 Å². The van der Waals surface area contributed by atoms with Crippen LogP contribution in [0, 0.1) is 0 Å². The topological polar surface area (TPSA) is 35.5 Å². The molecule has 0 fully saturated rings. The van der Waals surface area contributed by atoms with Gasteiger partial charge in [0.25, 0.3) is 0 Å². The molecular formula is C16H22O3. The molecule has 0 saturated carbocycles. The van der Waals surface area contributed by atoms with Crippen molar-refractivity contribution >= 4 is 5.97 Å². The Balaban J connectivity index is 2.74. The smallest absolute Gasteiger partial charge is 0.336 e. The SMILES string of the molecule is C=C(COc1ccccc1C(C)(C)C)C(=O)OCC. The highest BCUT2D eigenvalue weighted by Gasteiger charge is 2.19. The quantitative estimate of drug-likeness (QED) is 0.602. The van der Waals surface area contributed by atoms with Crippen LogP contribution in [-0.2, 0) is 14.9 Å². The van der Waals surface area contributed by atoms with Gasteiger partial charge in [-0.05, 0) is 24.0 Å². The number of carbonyl (C=O) groups excluding carboxylic acids is 1. The van der Waals surface area contributed by atoms with E-state index in [2.05, 4.69) is 27.4 Å². The van der Waals surface area contributed by atoms with Crippen LogP contribution in [0.3, 0.4) is 0 Å². The second kappa shape index (κ2) is 6.41. The molecule has 19 heavy (non-hydrogen) atoms. The summed E-state index contributed by atoms with van der Waals surface area (Å²) >= 11 is 0. The Hall–Kier alpha value is -1.77. The van der Waals surface area contributed by atoms with Crippen molar-refractivity contribution in [3.05, 3.63) is 42.0 Å². The third-order valence-corrected chi connectivity index (χ3v) is 2.66. The summed E-state index contributed by atoms with van der Waals surface area (Å²) < 4.78 is 10.6. The molecule has 3 heteroatoms. The zero-order valence-electron chi connectivity index (χ0n) is 12.2. The molecule has 0 aliphatic rings. The fraction of sp³-hybridized carbons (Fsp3) is 0.438. The summed E-state index contributed by atoms with van der Waals surface area (Å²) in [6, 6.07) is 7.83. The van der Waals surface area contributed by atoms with Crippen molar-refractivity contribution in [2.75, 3.05) is 13.2 Å². The average Bonchev–Trinajstić information content (AvgIpc) is 2.35. The van der Waals surface area contributed by atoms with Gasteiger partial charge in [-0.15, -0.1) is 0 Å². The van der Waals surface area contributed by atoms with Gasteiger partial charge < -0.3 is 9.47 Å². The lowest BCUT2D eigenvalue weighted by molar-refractivity contribution is -0.138. The van der Waals surface area contributed by atoms with Crippen LogP contribution in [0.15, 0.2) is 36.4 Å². The number of rotatable bonds is 5. The Kier molecular flexibility index (Phi) is 5.16. The Morgan fingerprint density at radius 1 is 1.26 bits per heavy atom. The molecule has 0 spiro atoms. The van der Waals surface area contributed by atoms with Gasteiger partial charge in [-0.3, -0.25) is 0 Å². The minimum Gasteiger partial charge on any atom is -0.488 e. The van der Waals surface area contributed by atoms with E-state index in [0.717, 1.165) is 11.3 Å². The average molecular weight is 262 g/mol. The molecule has 1 aromatic rings. The van der Waals surface area contributed by atoms with Gasteiger partial charge in [0.2, 0.25) is 0 Å². The van der Waals surface area contributed by atoms with Gasteiger partial charge in [-0.2, -0.15) is 0 Å². The van der Waals surface area contributed by atoms with E-state index in [1.165, 1.54) is 0 Å². The third kappa shape index (κ3) is 4.43. The van der Waals surface area contributed by atoms with Crippen LogP contribution in [0.25, 0.3) is 0 Å². The molecule has 3 nitrogen and oxygen atoms in total. The van der Waals surface area contributed by atoms with Gasteiger partial charge in [-0.25, -0.2) is 4.79 Å². The highest BCUT2D eigenvalue weighted by molar-refractivity contribution is 5.88. The first kappa shape index (κ1) is 15.3. The zero-order chi connectivity index (χ0) is 14.5. The molecule has 0 radical (unpaired) electrons. The highest BCUT2D eigenvalue weighted by atomic mass is 16.5. The lowest BCUT2D eigenvalue weighted by Crippen LogP contribution is -2.16. The van der Waals surface area contributed by atoms with Crippen LogP contribution in [-0.4, -0.2) is 19.2 Å². The van der Waals surface area contributed by atoms with E-state index in [1.807, 2.05) is 24.3 Å². The van der Waals surface area contributed by atoms with Gasteiger partial charge in [0.05, 0.1) is 12.2 Å². The molecule has 0 amide bonds. The highest BCUT2D eigenvalue weighted by Crippen LogP contribution is 2.31. The fourth-order valence-corrected chi connectivity index (χ4v) is 1.67. The third-order valence-electron chi connectivity index (χ3n) is 2.66. The lowest BCUT2D eigenvalue weighted by Gasteiger charge is -2.22. The molecule has 0 unspecified atom stereocenters. The molecule has 104 valence electrons. The van der Waals surface area contributed by atoms with Crippen molar-refractivity contribution < 1.29 is 14.3 Å². The van der Waals surface area contributed by atoms with Gasteiger partial charge in [-0.1, -0.05) is 45.5 Å². The molecule has 0 N–H and O–H groups in total. The second-order valence-corrected chi connectivity index (χ2v) is 5.36. The first-order valence-corrected chi connectivity index (χ1v) is 6.43. The van der Waals surface area contributed by atoms with E-state index in [-0.39, 0.29) is 12.0 Å². The molecule has 0 aliphatic carbocycles. The number of carbonyl (C=O) groups is 1. The summed E-state index contributed by atoms with van der Waals surface area (Å²) in [5.74, 6) is 0.371. The van der Waals surface area contributed by atoms with E-state index >= 15 is 0 Å². The Morgan fingerprint density at radius 3 is 2.47 bits per heavy atom. The maximum Gasteiger partial charge on any atom is 0.336 e. The normalized spacial score (nSPS) is 10.9. The molecule has 0 atom stereocenters. The summed E-state index contributed by atoms with van der Waals surface area (Å²) in [4.78, 5) is 11.4. The summed E-state index contributed by atoms with van der Waals surface area (Å²) in [6.07, 6.45) is 0. The number of esters is 1. The van der Waals surface area contributed by atoms with Crippen LogP contribution in [0.1, 0.15) is 33.3 Å². The van der Waals surface area contributed by atoms with Gasteiger partial charge in [0, 0.05) is 0 Å². The second-order valence-electron chi connectivity index (χ2n) is 5.36. The summed E-state index contributed by atoms with van der Waals surface area (Å²) in [5, 5.41) is 0.